The molecule has 12 rings (SSSR count). The van der Waals surface area contributed by atoms with Gasteiger partial charge in [0, 0.05) is 50.3 Å². The van der Waals surface area contributed by atoms with E-state index in [2.05, 4.69) is 146 Å². The Hall–Kier alpha value is -6.36. The average molecular weight is 927 g/mol. The van der Waals surface area contributed by atoms with Crippen LogP contribution in [0.1, 0.15) is 11.1 Å². The van der Waals surface area contributed by atoms with Gasteiger partial charge in [0.05, 0.1) is 13.2 Å². The van der Waals surface area contributed by atoms with Crippen LogP contribution < -0.4 is 9.47 Å². The van der Waals surface area contributed by atoms with Gasteiger partial charge in [-0.2, -0.15) is 0 Å². The maximum absolute atomic E-state index is 9.84. The summed E-state index contributed by atoms with van der Waals surface area (Å²) in [6.45, 7) is -0.0977. The van der Waals surface area contributed by atoms with Crippen LogP contribution in [0.2, 0.25) is 0 Å². The molecule has 2 aliphatic rings. The number of aliphatic hydroxyl groups excluding tert-OH is 2. The second-order valence-electron chi connectivity index (χ2n) is 16.1. The van der Waals surface area contributed by atoms with E-state index in [0.717, 1.165) is 54.9 Å². The quantitative estimate of drug-likeness (QED) is 0.148. The van der Waals surface area contributed by atoms with Gasteiger partial charge in [-0.25, -0.2) is 0 Å². The largest absolute Gasteiger partial charge is 0.457 e. The number of aliphatic hydroxyl groups is 2. The van der Waals surface area contributed by atoms with Crippen LogP contribution in [0, 0.1) is 0 Å². The Morgan fingerprint density at radius 2 is 0.742 bits per heavy atom. The lowest BCUT2D eigenvalue weighted by atomic mass is 9.90. The zero-order valence-corrected chi connectivity index (χ0v) is 38.5. The molecule has 0 unspecified atom stereocenters. The number of benzene rings is 10. The summed E-state index contributed by atoms with van der Waals surface area (Å²) in [5, 5.41) is 23.8. The predicted octanol–water partition coefficient (Wildman–Crippen LogP) is 16.8. The molecule has 0 spiro atoms. The van der Waals surface area contributed by atoms with Gasteiger partial charge < -0.3 is 19.7 Å². The molecule has 0 atom stereocenters. The first kappa shape index (κ1) is 41.1. The van der Waals surface area contributed by atoms with Crippen LogP contribution in [-0.2, 0) is 13.2 Å². The first-order chi connectivity index (χ1) is 32.6. The summed E-state index contributed by atoms with van der Waals surface area (Å²) < 4.78 is 13.8. The van der Waals surface area contributed by atoms with Crippen LogP contribution in [0.3, 0.4) is 0 Å². The summed E-state index contributed by atoms with van der Waals surface area (Å²) in [6.07, 6.45) is 0. The third-order valence-corrected chi connectivity index (χ3v) is 17.3. The fraction of sp³-hybridized carbons (Fsp3) is 0.0345. The Kier molecular flexibility index (Phi) is 10.9. The minimum atomic E-state index is -0.0489. The Morgan fingerprint density at radius 3 is 1.15 bits per heavy atom. The molecule has 0 aromatic heterocycles. The topological polar surface area (TPSA) is 58.9 Å². The van der Waals surface area contributed by atoms with Crippen molar-refractivity contribution in [1.29, 1.82) is 0 Å². The number of fused-ring (bicyclic) bond motifs is 6. The van der Waals surface area contributed by atoms with Crippen molar-refractivity contribution in [1.82, 2.24) is 0 Å². The highest BCUT2D eigenvalue weighted by Crippen LogP contribution is 2.55. The van der Waals surface area contributed by atoms with E-state index in [0.29, 0.717) is 23.0 Å². The van der Waals surface area contributed by atoms with Gasteiger partial charge >= 0.3 is 0 Å². The molecule has 0 radical (unpaired) electrons. The highest BCUT2D eigenvalue weighted by molar-refractivity contribution is 8.05. The Labute approximate surface area is 399 Å². The van der Waals surface area contributed by atoms with Crippen molar-refractivity contribution in [2.24, 2.45) is 0 Å². The summed E-state index contributed by atoms with van der Waals surface area (Å²) >= 11 is 7.33. The normalized spacial score (nSPS) is 12.6. The third-order valence-electron chi connectivity index (χ3n) is 12.0. The van der Waals surface area contributed by atoms with Crippen LogP contribution in [0.25, 0.3) is 54.9 Å². The molecule has 0 bridgehead atoms. The number of rotatable bonds is 9. The molecule has 2 heterocycles. The molecule has 66 heavy (non-hydrogen) atoms. The lowest BCUT2D eigenvalue weighted by Gasteiger charge is -2.22. The van der Waals surface area contributed by atoms with E-state index in [1.54, 1.807) is 0 Å². The minimum absolute atomic E-state index is 0.0489. The monoisotopic (exact) mass is 926 g/mol. The Morgan fingerprint density at radius 1 is 0.348 bits per heavy atom. The minimum Gasteiger partial charge on any atom is -0.457 e. The van der Waals surface area contributed by atoms with E-state index >= 15 is 0 Å². The average Bonchev–Trinajstić information content (AvgIpc) is 3.37. The van der Waals surface area contributed by atoms with Crippen molar-refractivity contribution < 1.29 is 19.7 Å². The summed E-state index contributed by atoms with van der Waals surface area (Å²) in [6, 6.07) is 67.6. The molecule has 8 heteroatoms. The van der Waals surface area contributed by atoms with Gasteiger partial charge in [-0.15, -0.1) is 0 Å². The van der Waals surface area contributed by atoms with Gasteiger partial charge in [0.25, 0.3) is 0 Å². The van der Waals surface area contributed by atoms with Crippen LogP contribution in [0.4, 0.5) is 0 Å². The molecule has 0 fully saturated rings. The molecule has 4 nitrogen and oxygen atoms in total. The van der Waals surface area contributed by atoms with Gasteiger partial charge in [-0.1, -0.05) is 156 Å². The van der Waals surface area contributed by atoms with E-state index in [9.17, 15) is 10.2 Å². The summed E-state index contributed by atoms with van der Waals surface area (Å²) in [4.78, 5) is 10.2. The van der Waals surface area contributed by atoms with Crippen LogP contribution >= 0.6 is 47.0 Å². The first-order valence-corrected chi connectivity index (χ1v) is 24.9. The molecule has 2 N–H and O–H groups in total. The van der Waals surface area contributed by atoms with Gasteiger partial charge in [-0.3, -0.25) is 0 Å². The smallest absolute Gasteiger partial charge is 0.136 e. The molecule has 2 aliphatic heterocycles. The molecule has 10 aromatic rings. The van der Waals surface area contributed by atoms with Crippen molar-refractivity contribution in [3.8, 4) is 56.4 Å². The standard InChI is InChI=1S/C58H38O4S4/c59-33-35-15-23-41(24-16-35)61-47-29-21-37-31-39(45-7-5-13-53-57(45)65-51-11-3-1-9-49(51)63-53)19-27-43(37)55(47)56-44-28-20-40(32-38(44)22-30-48(56)62-42-25-17-36(34-60)18-26-42)46-8-6-14-54-58(46)66-52-12-4-2-10-50(52)64-54/h1-32,59-60H,33-34H2. The van der Waals surface area contributed by atoms with E-state index in [1.807, 2.05) is 95.6 Å². The summed E-state index contributed by atoms with van der Waals surface area (Å²) in [7, 11) is 0. The van der Waals surface area contributed by atoms with Crippen molar-refractivity contribution in [3.05, 3.63) is 205 Å². The summed E-state index contributed by atoms with van der Waals surface area (Å²) in [5.74, 6) is 2.67. The Bertz CT molecular complexity index is 3280. The van der Waals surface area contributed by atoms with Crippen molar-refractivity contribution in [3.63, 3.8) is 0 Å². The number of hydrogen-bond donors (Lipinski definition) is 2. The molecular formula is C58H38O4S4. The van der Waals surface area contributed by atoms with Crippen LogP contribution in [0.15, 0.2) is 233 Å². The zero-order chi connectivity index (χ0) is 44.1. The molecule has 10 aromatic carbocycles. The number of hydrogen-bond acceptors (Lipinski definition) is 8. The SMILES string of the molecule is OCc1ccc(Oc2ccc3cc(-c4cccc5c4Sc4ccccc4S5)ccc3c2-c2c(Oc3ccc(CO)cc3)ccc3cc(-c4cccc5c4Sc4ccccc4S5)ccc23)cc1. The fourth-order valence-electron chi connectivity index (χ4n) is 8.77. The lowest BCUT2D eigenvalue weighted by molar-refractivity contribution is 0.281. The van der Waals surface area contributed by atoms with Gasteiger partial charge in [0.15, 0.2) is 0 Å². The van der Waals surface area contributed by atoms with E-state index in [-0.39, 0.29) is 13.2 Å². The third kappa shape index (κ3) is 7.63. The van der Waals surface area contributed by atoms with Crippen molar-refractivity contribution in [2.45, 2.75) is 52.4 Å². The molecule has 0 amide bonds. The lowest BCUT2D eigenvalue weighted by Crippen LogP contribution is -1.96. The molecule has 0 saturated heterocycles. The van der Waals surface area contributed by atoms with E-state index < -0.39 is 0 Å². The molecule has 0 aliphatic carbocycles. The molecule has 318 valence electrons. The van der Waals surface area contributed by atoms with Gasteiger partial charge in [0.2, 0.25) is 0 Å². The van der Waals surface area contributed by atoms with Crippen molar-refractivity contribution in [2.75, 3.05) is 0 Å². The van der Waals surface area contributed by atoms with Crippen LogP contribution in [0.5, 0.6) is 23.0 Å². The van der Waals surface area contributed by atoms with Crippen molar-refractivity contribution >= 4 is 68.6 Å². The predicted molar refractivity (Wildman–Crippen MR) is 272 cm³/mol. The van der Waals surface area contributed by atoms with Crippen LogP contribution in [-0.4, -0.2) is 10.2 Å². The Balaban J connectivity index is 1.05. The second kappa shape index (κ2) is 17.5. The number of ether oxygens (including phenoxy) is 2. The van der Waals surface area contributed by atoms with E-state index in [1.165, 1.54) is 50.3 Å². The maximum Gasteiger partial charge on any atom is 0.136 e. The second-order valence-corrected chi connectivity index (χ2v) is 20.4. The first-order valence-electron chi connectivity index (χ1n) is 21.6. The molecule has 0 saturated carbocycles. The van der Waals surface area contributed by atoms with Gasteiger partial charge in [0.1, 0.15) is 23.0 Å². The van der Waals surface area contributed by atoms with E-state index in [4.69, 9.17) is 9.47 Å². The molecular weight excluding hydrogens is 889 g/mol. The maximum atomic E-state index is 9.84. The van der Waals surface area contributed by atoms with Gasteiger partial charge in [-0.05, 0) is 140 Å². The zero-order valence-electron chi connectivity index (χ0n) is 35.2. The highest BCUT2D eigenvalue weighted by atomic mass is 32.2. The fourth-order valence-corrected chi connectivity index (χ4v) is 13.6. The summed E-state index contributed by atoms with van der Waals surface area (Å²) in [5.41, 5.74) is 8.10. The highest BCUT2D eigenvalue weighted by Gasteiger charge is 2.25.